The first-order valence-electron chi connectivity index (χ1n) is 3.80. The number of ether oxygens (including phenoxy) is 1. The smallest absolute Gasteiger partial charge is 0.404 e. The molecular weight excluding hydrogens is 221 g/mol. The van der Waals surface area contributed by atoms with E-state index in [-0.39, 0.29) is 5.69 Å². The van der Waals surface area contributed by atoms with E-state index in [0.29, 0.717) is 6.20 Å². The zero-order chi connectivity index (χ0) is 11.6. The lowest BCUT2D eigenvalue weighted by atomic mass is 10.2. The summed E-state index contributed by atoms with van der Waals surface area (Å²) in [7, 11) is 0. The van der Waals surface area contributed by atoms with E-state index < -0.39 is 24.1 Å². The molecule has 1 aromatic rings. The third-order valence-electron chi connectivity index (χ3n) is 1.50. The third-order valence-corrected chi connectivity index (χ3v) is 1.50. The van der Waals surface area contributed by atoms with Gasteiger partial charge in [0.05, 0.1) is 11.8 Å². The highest BCUT2D eigenvalue weighted by atomic mass is 19.4. The van der Waals surface area contributed by atoms with E-state index >= 15 is 0 Å². The Morgan fingerprint density at radius 2 is 1.93 bits per heavy atom. The lowest BCUT2D eigenvalue weighted by Gasteiger charge is -2.12. The summed E-state index contributed by atoms with van der Waals surface area (Å²) >= 11 is 0. The molecule has 0 bridgehead atoms. The maximum Gasteiger partial charge on any atom is 0.573 e. The number of hydrogen-bond acceptors (Lipinski definition) is 2. The van der Waals surface area contributed by atoms with Crippen molar-refractivity contribution in [1.29, 1.82) is 0 Å². The van der Waals surface area contributed by atoms with Crippen LogP contribution >= 0.6 is 0 Å². The minimum atomic E-state index is -5.00. The molecule has 0 amide bonds. The van der Waals surface area contributed by atoms with E-state index in [9.17, 15) is 22.0 Å². The summed E-state index contributed by atoms with van der Waals surface area (Å²) in [6.07, 6.45) is -7.41. The quantitative estimate of drug-likeness (QED) is 0.723. The molecule has 0 aromatic carbocycles. The number of rotatable bonds is 2. The Kier molecular flexibility index (Phi) is 3.11. The van der Waals surface area contributed by atoms with Crippen molar-refractivity contribution < 1.29 is 26.7 Å². The number of pyridine rings is 1. The van der Waals surface area contributed by atoms with Gasteiger partial charge in [-0.05, 0) is 13.0 Å². The second kappa shape index (κ2) is 4.00. The summed E-state index contributed by atoms with van der Waals surface area (Å²) in [5, 5.41) is 0. The van der Waals surface area contributed by atoms with Crippen molar-refractivity contribution >= 4 is 0 Å². The van der Waals surface area contributed by atoms with Crippen LogP contribution in [0.25, 0.3) is 0 Å². The molecule has 0 unspecified atom stereocenters. The molecule has 0 aliphatic heterocycles. The predicted octanol–water partition coefficient (Wildman–Crippen LogP) is 3.23. The number of alkyl halides is 5. The summed E-state index contributed by atoms with van der Waals surface area (Å²) in [6, 6.07) is 0.853. The normalized spacial score (nSPS) is 11.9. The van der Waals surface area contributed by atoms with E-state index in [4.69, 9.17) is 0 Å². The van der Waals surface area contributed by atoms with Gasteiger partial charge in [0.2, 0.25) is 0 Å². The van der Waals surface area contributed by atoms with Gasteiger partial charge in [-0.15, -0.1) is 13.2 Å². The molecule has 0 saturated carbocycles. The predicted molar refractivity (Wildman–Crippen MR) is 40.6 cm³/mol. The molecule has 0 aliphatic rings. The second-order valence-electron chi connectivity index (χ2n) is 2.71. The topological polar surface area (TPSA) is 22.1 Å². The van der Waals surface area contributed by atoms with Crippen molar-refractivity contribution in [3.8, 4) is 5.75 Å². The summed E-state index contributed by atoms with van der Waals surface area (Å²) in [5.74, 6) is -0.969. The van der Waals surface area contributed by atoms with E-state index in [1.807, 2.05) is 0 Å². The van der Waals surface area contributed by atoms with Crippen molar-refractivity contribution in [1.82, 2.24) is 4.98 Å². The van der Waals surface area contributed by atoms with E-state index in [1.165, 1.54) is 6.92 Å². The zero-order valence-corrected chi connectivity index (χ0v) is 7.48. The Morgan fingerprint density at radius 1 is 1.33 bits per heavy atom. The molecule has 0 radical (unpaired) electrons. The minimum Gasteiger partial charge on any atom is -0.404 e. The van der Waals surface area contributed by atoms with Crippen molar-refractivity contribution in [3.63, 3.8) is 0 Å². The van der Waals surface area contributed by atoms with Crippen molar-refractivity contribution in [2.24, 2.45) is 0 Å². The highest BCUT2D eigenvalue weighted by Crippen LogP contribution is 2.32. The fourth-order valence-electron chi connectivity index (χ4n) is 0.949. The Hall–Kier alpha value is -1.40. The van der Waals surface area contributed by atoms with Gasteiger partial charge in [0.1, 0.15) is 0 Å². The third kappa shape index (κ3) is 3.34. The largest absolute Gasteiger partial charge is 0.573 e. The first-order chi connectivity index (χ1) is 6.79. The maximum absolute atomic E-state index is 12.3. The summed E-state index contributed by atoms with van der Waals surface area (Å²) in [5.41, 5.74) is -0.625. The fourth-order valence-corrected chi connectivity index (χ4v) is 0.949. The van der Waals surface area contributed by atoms with Crippen LogP contribution in [-0.2, 0) is 0 Å². The molecule has 7 heteroatoms. The summed E-state index contributed by atoms with van der Waals surface area (Å²) in [4.78, 5) is 3.45. The van der Waals surface area contributed by atoms with Crippen LogP contribution < -0.4 is 4.74 Å². The number of nitrogens with zero attached hydrogens (tertiary/aromatic N) is 1. The molecule has 0 N–H and O–H groups in total. The highest BCUT2D eigenvalue weighted by Gasteiger charge is 2.33. The van der Waals surface area contributed by atoms with Gasteiger partial charge in [0, 0.05) is 5.69 Å². The molecule has 84 valence electrons. The first-order valence-corrected chi connectivity index (χ1v) is 3.80. The van der Waals surface area contributed by atoms with Crippen LogP contribution in [0.4, 0.5) is 22.0 Å². The average Bonchev–Trinajstić information content (AvgIpc) is 2.05. The first kappa shape index (κ1) is 11.7. The molecule has 0 fully saturated rings. The van der Waals surface area contributed by atoms with Gasteiger partial charge in [-0.1, -0.05) is 0 Å². The van der Waals surface area contributed by atoms with Gasteiger partial charge >= 0.3 is 6.36 Å². The fraction of sp³-hybridized carbons (Fsp3) is 0.375. The maximum atomic E-state index is 12.3. The molecular formula is C8H6F5NO. The van der Waals surface area contributed by atoms with Gasteiger partial charge in [-0.25, -0.2) is 8.78 Å². The number of aryl methyl sites for hydroxylation is 1. The lowest BCUT2D eigenvalue weighted by Crippen LogP contribution is -2.18. The van der Waals surface area contributed by atoms with Crippen LogP contribution in [0.5, 0.6) is 5.75 Å². The summed E-state index contributed by atoms with van der Waals surface area (Å²) in [6.45, 7) is 1.39. The van der Waals surface area contributed by atoms with E-state index in [1.54, 1.807) is 0 Å². The Morgan fingerprint density at radius 3 is 2.40 bits per heavy atom. The average molecular weight is 227 g/mol. The van der Waals surface area contributed by atoms with Crippen LogP contribution in [0.2, 0.25) is 0 Å². The van der Waals surface area contributed by atoms with Crippen LogP contribution in [-0.4, -0.2) is 11.3 Å². The van der Waals surface area contributed by atoms with Crippen molar-refractivity contribution in [2.75, 3.05) is 0 Å². The van der Waals surface area contributed by atoms with Crippen LogP contribution in [0.1, 0.15) is 17.7 Å². The van der Waals surface area contributed by atoms with Crippen molar-refractivity contribution in [3.05, 3.63) is 23.5 Å². The Balaban J connectivity index is 3.06. The van der Waals surface area contributed by atoms with Crippen molar-refractivity contribution in [2.45, 2.75) is 19.7 Å². The SMILES string of the molecule is Cc1cc(C(F)F)c(OC(F)(F)F)cn1. The molecule has 15 heavy (non-hydrogen) atoms. The highest BCUT2D eigenvalue weighted by molar-refractivity contribution is 5.33. The monoisotopic (exact) mass is 227 g/mol. The number of hydrogen-bond donors (Lipinski definition) is 0. The van der Waals surface area contributed by atoms with Gasteiger partial charge < -0.3 is 4.74 Å². The molecule has 0 atom stereocenters. The Labute approximate surface area is 81.7 Å². The van der Waals surface area contributed by atoms with Crippen LogP contribution in [0.3, 0.4) is 0 Å². The number of halogens is 5. The lowest BCUT2D eigenvalue weighted by molar-refractivity contribution is -0.275. The van der Waals surface area contributed by atoms with Gasteiger partial charge in [-0.2, -0.15) is 0 Å². The van der Waals surface area contributed by atoms with E-state index in [0.717, 1.165) is 6.07 Å². The molecule has 1 rings (SSSR count). The van der Waals surface area contributed by atoms with Gasteiger partial charge in [0.25, 0.3) is 6.43 Å². The molecule has 1 heterocycles. The van der Waals surface area contributed by atoms with Gasteiger partial charge in [-0.3, -0.25) is 4.98 Å². The molecule has 0 saturated heterocycles. The Bertz CT molecular complexity index is 349. The molecule has 0 spiro atoms. The number of aromatic nitrogens is 1. The van der Waals surface area contributed by atoms with Gasteiger partial charge in [0.15, 0.2) is 5.75 Å². The minimum absolute atomic E-state index is 0.194. The molecule has 1 aromatic heterocycles. The van der Waals surface area contributed by atoms with E-state index in [2.05, 4.69) is 9.72 Å². The summed E-state index contributed by atoms with van der Waals surface area (Å²) < 4.78 is 63.4. The molecule has 0 aliphatic carbocycles. The standard InChI is InChI=1S/C8H6F5NO/c1-4-2-5(7(9)10)6(3-14-4)15-8(11,12)13/h2-3,7H,1H3. The van der Waals surface area contributed by atoms with Crippen LogP contribution in [0, 0.1) is 6.92 Å². The zero-order valence-electron chi connectivity index (χ0n) is 7.48. The second-order valence-corrected chi connectivity index (χ2v) is 2.71. The van der Waals surface area contributed by atoms with Crippen LogP contribution in [0.15, 0.2) is 12.3 Å². The molecule has 2 nitrogen and oxygen atoms in total.